The van der Waals surface area contributed by atoms with Gasteiger partial charge in [0.05, 0.1) is 0 Å². The monoisotopic (exact) mass is 212 g/mol. The first-order valence-corrected chi connectivity index (χ1v) is 5.59. The molecule has 4 nitrogen and oxygen atoms in total. The van der Waals surface area contributed by atoms with E-state index in [2.05, 4.69) is 9.05 Å². The van der Waals surface area contributed by atoms with E-state index in [0.717, 1.165) is 14.2 Å². The van der Waals surface area contributed by atoms with Crippen molar-refractivity contribution in [3.05, 3.63) is 0 Å². The summed E-state index contributed by atoms with van der Waals surface area (Å²) in [5, 5.41) is 0. The highest BCUT2D eigenvalue weighted by Crippen LogP contribution is 2.46. The number of halogens is 1. The van der Waals surface area contributed by atoms with Gasteiger partial charge in [-0.05, 0) is 6.42 Å². The number of Topliss-reactive ketones (excluding diaryl/α,β-unsaturated/α-hetero) is 1. The summed E-state index contributed by atoms with van der Waals surface area (Å²) in [7, 11) is -1.07. The molecule has 0 N–H and O–H groups in total. The molecule has 0 aromatic heterocycles. The van der Waals surface area contributed by atoms with Crippen LogP contribution < -0.4 is 0 Å². The van der Waals surface area contributed by atoms with Crippen molar-refractivity contribution >= 4 is 13.4 Å². The third-order valence-electron chi connectivity index (χ3n) is 1.61. The van der Waals surface area contributed by atoms with Crippen molar-refractivity contribution in [3.8, 4) is 0 Å². The molecule has 0 rings (SSSR count). The predicted octanol–water partition coefficient (Wildman–Crippen LogP) is 1.79. The molecule has 0 saturated carbocycles. The number of carbonyl (C=O) groups is 1. The Morgan fingerprint density at radius 3 is 2.23 bits per heavy atom. The molecule has 1 unspecified atom stereocenters. The van der Waals surface area contributed by atoms with Gasteiger partial charge in [-0.3, -0.25) is 9.36 Å². The minimum absolute atomic E-state index is 0.0757. The number of alkyl halides is 1. The predicted molar refractivity (Wildman–Crippen MR) is 46.7 cm³/mol. The van der Waals surface area contributed by atoms with Gasteiger partial charge in [0.25, 0.3) is 0 Å². The molecule has 0 aliphatic rings. The van der Waals surface area contributed by atoms with E-state index in [-0.39, 0.29) is 6.42 Å². The molecule has 0 saturated heterocycles. The largest absolute Gasteiger partial charge is 0.337 e. The minimum atomic E-state index is -3.39. The zero-order valence-electron chi connectivity index (χ0n) is 7.95. The Morgan fingerprint density at radius 1 is 1.46 bits per heavy atom. The average molecular weight is 212 g/mol. The highest BCUT2D eigenvalue weighted by molar-refractivity contribution is 7.54. The molecule has 0 aliphatic heterocycles. The van der Waals surface area contributed by atoms with Crippen LogP contribution in [0.5, 0.6) is 0 Å². The maximum absolute atomic E-state index is 12.7. The standard InChI is InChI=1S/C7H14FO4P/c1-4-6(8)7(9)5-13(10,11-2)12-3/h6H,4-5H2,1-3H3. The van der Waals surface area contributed by atoms with Gasteiger partial charge < -0.3 is 9.05 Å². The Balaban J connectivity index is 4.26. The average Bonchev–Trinajstić information content (AvgIpc) is 2.16. The molecule has 1 atom stereocenters. The van der Waals surface area contributed by atoms with Gasteiger partial charge in [0.2, 0.25) is 0 Å². The molecule has 0 aliphatic carbocycles. The fraction of sp³-hybridized carbons (Fsp3) is 0.857. The number of rotatable bonds is 6. The number of ketones is 1. The summed E-state index contributed by atoms with van der Waals surface area (Å²) in [5.74, 6) is -0.741. The van der Waals surface area contributed by atoms with E-state index in [1.807, 2.05) is 0 Å². The maximum Gasteiger partial charge on any atom is 0.337 e. The van der Waals surface area contributed by atoms with Crippen LogP contribution in [0.3, 0.4) is 0 Å². The second kappa shape index (κ2) is 5.47. The SMILES string of the molecule is CCC(F)C(=O)CP(=O)(OC)OC. The van der Waals surface area contributed by atoms with Gasteiger partial charge in [0, 0.05) is 14.2 Å². The molecule has 0 spiro atoms. The van der Waals surface area contributed by atoms with Crippen molar-refractivity contribution in [3.63, 3.8) is 0 Å². The molecule has 0 radical (unpaired) electrons. The third kappa shape index (κ3) is 3.98. The zero-order valence-corrected chi connectivity index (χ0v) is 8.84. The number of carbonyl (C=O) groups excluding carboxylic acids is 1. The summed E-state index contributed by atoms with van der Waals surface area (Å²) in [4.78, 5) is 11.0. The Bertz CT molecular complexity index is 211. The van der Waals surface area contributed by atoms with Gasteiger partial charge in [-0.2, -0.15) is 0 Å². The van der Waals surface area contributed by atoms with Crippen molar-refractivity contribution in [2.45, 2.75) is 19.5 Å². The Kier molecular flexibility index (Phi) is 5.37. The Morgan fingerprint density at radius 2 is 1.92 bits per heavy atom. The van der Waals surface area contributed by atoms with Crippen LogP contribution in [0.2, 0.25) is 0 Å². The lowest BCUT2D eigenvalue weighted by Crippen LogP contribution is -2.19. The van der Waals surface area contributed by atoms with Crippen LogP contribution in [-0.4, -0.2) is 32.3 Å². The molecule has 13 heavy (non-hydrogen) atoms. The lowest BCUT2D eigenvalue weighted by atomic mass is 10.2. The van der Waals surface area contributed by atoms with E-state index in [1.165, 1.54) is 6.92 Å². The summed E-state index contributed by atoms with van der Waals surface area (Å²) < 4.78 is 33.1. The fourth-order valence-electron chi connectivity index (χ4n) is 0.721. The Hall–Kier alpha value is -0.250. The lowest BCUT2D eigenvalue weighted by Gasteiger charge is -2.13. The van der Waals surface area contributed by atoms with Crippen LogP contribution in [0.25, 0.3) is 0 Å². The first kappa shape index (κ1) is 12.8. The summed E-state index contributed by atoms with van der Waals surface area (Å²) in [6.45, 7) is 1.53. The van der Waals surface area contributed by atoms with Crippen molar-refractivity contribution < 1.29 is 22.8 Å². The first-order valence-electron chi connectivity index (χ1n) is 3.86. The lowest BCUT2D eigenvalue weighted by molar-refractivity contribution is -0.121. The van der Waals surface area contributed by atoms with Crippen LogP contribution in [0.1, 0.15) is 13.3 Å². The van der Waals surface area contributed by atoms with Crippen LogP contribution >= 0.6 is 7.60 Å². The first-order chi connectivity index (χ1) is 5.99. The summed E-state index contributed by atoms with van der Waals surface area (Å²) in [5.41, 5.74) is 0. The van der Waals surface area contributed by atoms with Gasteiger partial charge in [0.15, 0.2) is 12.0 Å². The molecule has 0 bridgehead atoms. The summed E-state index contributed by atoms with van der Waals surface area (Å²) >= 11 is 0. The zero-order chi connectivity index (χ0) is 10.5. The highest BCUT2D eigenvalue weighted by Gasteiger charge is 2.29. The van der Waals surface area contributed by atoms with E-state index in [4.69, 9.17) is 0 Å². The summed E-state index contributed by atoms with van der Waals surface area (Å²) in [6.07, 6.45) is -2.01. The number of hydrogen-bond donors (Lipinski definition) is 0. The highest BCUT2D eigenvalue weighted by atomic mass is 31.2. The Labute approximate surface area is 76.9 Å². The van der Waals surface area contributed by atoms with Crippen molar-refractivity contribution in [2.75, 3.05) is 20.4 Å². The van der Waals surface area contributed by atoms with Crippen LogP contribution in [-0.2, 0) is 18.4 Å². The van der Waals surface area contributed by atoms with E-state index in [0.29, 0.717) is 0 Å². The molecule has 0 aromatic carbocycles. The minimum Gasteiger partial charge on any atom is -0.312 e. The van der Waals surface area contributed by atoms with Crippen molar-refractivity contribution in [1.82, 2.24) is 0 Å². The molecule has 0 aromatic rings. The molecule has 0 heterocycles. The second-order valence-electron chi connectivity index (χ2n) is 2.48. The van der Waals surface area contributed by atoms with Crippen LogP contribution in [0.15, 0.2) is 0 Å². The molecular formula is C7H14FO4P. The molecule has 6 heteroatoms. The van der Waals surface area contributed by atoms with Crippen molar-refractivity contribution in [1.29, 1.82) is 0 Å². The van der Waals surface area contributed by atoms with Gasteiger partial charge >= 0.3 is 7.60 Å². The smallest absolute Gasteiger partial charge is 0.312 e. The van der Waals surface area contributed by atoms with Gasteiger partial charge in [-0.25, -0.2) is 4.39 Å². The van der Waals surface area contributed by atoms with Gasteiger partial charge in [-0.15, -0.1) is 0 Å². The molecule has 0 amide bonds. The van der Waals surface area contributed by atoms with Gasteiger partial charge in [-0.1, -0.05) is 6.92 Å². The molecular weight excluding hydrogens is 198 g/mol. The molecule has 78 valence electrons. The topological polar surface area (TPSA) is 52.6 Å². The van der Waals surface area contributed by atoms with Crippen molar-refractivity contribution in [2.24, 2.45) is 0 Å². The quantitative estimate of drug-likeness (QED) is 0.630. The maximum atomic E-state index is 12.7. The van der Waals surface area contributed by atoms with E-state index < -0.39 is 25.7 Å². The van der Waals surface area contributed by atoms with Gasteiger partial charge in [0.1, 0.15) is 6.16 Å². The van der Waals surface area contributed by atoms with Crippen LogP contribution in [0, 0.1) is 0 Å². The third-order valence-corrected chi connectivity index (χ3v) is 3.43. The van der Waals surface area contributed by atoms with Crippen LogP contribution in [0.4, 0.5) is 4.39 Å². The normalized spacial score (nSPS) is 14.2. The summed E-state index contributed by atoms with van der Waals surface area (Å²) in [6, 6.07) is 0. The molecule has 0 fully saturated rings. The van der Waals surface area contributed by atoms with E-state index in [1.54, 1.807) is 0 Å². The number of hydrogen-bond acceptors (Lipinski definition) is 4. The fourth-order valence-corrected chi connectivity index (χ4v) is 1.71. The van der Waals surface area contributed by atoms with E-state index >= 15 is 0 Å². The van der Waals surface area contributed by atoms with E-state index in [9.17, 15) is 13.8 Å². The second-order valence-corrected chi connectivity index (χ2v) is 4.74.